The lowest BCUT2D eigenvalue weighted by atomic mass is 10.3. The van der Waals surface area contributed by atoms with Crippen LogP contribution in [0, 0.1) is 0 Å². The Hall–Kier alpha value is -0.740. The number of benzene rings is 1. The summed E-state index contributed by atoms with van der Waals surface area (Å²) in [6, 6.07) is 5.80. The zero-order chi connectivity index (χ0) is 10.7. The minimum absolute atomic E-state index is 0.248. The zero-order valence-electron chi connectivity index (χ0n) is 8.63. The minimum atomic E-state index is 0.248. The summed E-state index contributed by atoms with van der Waals surface area (Å²) in [5.41, 5.74) is 0. The molecule has 4 heteroatoms. The number of para-hydroxylation sites is 1. The van der Waals surface area contributed by atoms with Crippen LogP contribution < -0.4 is 14.8 Å². The van der Waals surface area contributed by atoms with Gasteiger partial charge in [0, 0.05) is 6.54 Å². The van der Waals surface area contributed by atoms with E-state index in [2.05, 4.69) is 21.2 Å². The smallest absolute Gasteiger partial charge is 0.175 e. The summed E-state index contributed by atoms with van der Waals surface area (Å²) in [6.45, 7) is 1.93. The van der Waals surface area contributed by atoms with Gasteiger partial charge in [-0.1, -0.05) is 6.07 Å². The molecule has 82 valence electrons. The molecule has 1 atom stereocenters. The van der Waals surface area contributed by atoms with E-state index in [0.717, 1.165) is 35.5 Å². The monoisotopic (exact) mass is 271 g/mol. The van der Waals surface area contributed by atoms with Gasteiger partial charge < -0.3 is 14.8 Å². The number of nitrogens with one attached hydrogen (secondary N) is 1. The van der Waals surface area contributed by atoms with E-state index >= 15 is 0 Å². The fraction of sp³-hybridized carbons (Fsp3) is 0.455. The number of halogens is 1. The highest BCUT2D eigenvalue weighted by Gasteiger charge is 2.19. The van der Waals surface area contributed by atoms with Crippen molar-refractivity contribution in [3.63, 3.8) is 0 Å². The van der Waals surface area contributed by atoms with Crippen molar-refractivity contribution < 1.29 is 9.47 Å². The third-order valence-electron chi connectivity index (χ3n) is 2.45. The lowest BCUT2D eigenvalue weighted by Crippen LogP contribution is -2.20. The molecule has 0 saturated carbocycles. The molecule has 1 saturated heterocycles. The highest BCUT2D eigenvalue weighted by atomic mass is 79.9. The van der Waals surface area contributed by atoms with Crippen molar-refractivity contribution >= 4 is 15.9 Å². The Labute approximate surface area is 97.9 Å². The van der Waals surface area contributed by atoms with Crippen LogP contribution in [0.1, 0.15) is 6.42 Å². The van der Waals surface area contributed by atoms with E-state index in [-0.39, 0.29) is 6.10 Å². The lowest BCUT2D eigenvalue weighted by molar-refractivity contribution is 0.211. The first-order valence-electron chi connectivity index (χ1n) is 5.01. The molecule has 0 aliphatic carbocycles. The molecule has 1 fully saturated rings. The van der Waals surface area contributed by atoms with Crippen molar-refractivity contribution in [3.05, 3.63) is 22.7 Å². The predicted molar refractivity (Wildman–Crippen MR) is 62.6 cm³/mol. The third-order valence-corrected chi connectivity index (χ3v) is 3.07. The average molecular weight is 272 g/mol. The molecule has 2 rings (SSSR count). The summed E-state index contributed by atoms with van der Waals surface area (Å²) in [5.74, 6) is 1.57. The van der Waals surface area contributed by atoms with Gasteiger partial charge in [-0.2, -0.15) is 0 Å². The molecule has 1 heterocycles. The Morgan fingerprint density at radius 2 is 2.33 bits per heavy atom. The Kier molecular flexibility index (Phi) is 3.49. The Balaban J connectivity index is 2.17. The first-order chi connectivity index (χ1) is 7.31. The van der Waals surface area contributed by atoms with Gasteiger partial charge in [-0.25, -0.2) is 0 Å². The molecule has 1 aliphatic rings. The normalized spacial score (nSPS) is 20.3. The first-order valence-corrected chi connectivity index (χ1v) is 5.80. The Morgan fingerprint density at radius 1 is 1.47 bits per heavy atom. The minimum Gasteiger partial charge on any atom is -0.493 e. The van der Waals surface area contributed by atoms with Crippen molar-refractivity contribution in [2.24, 2.45) is 0 Å². The molecule has 1 aromatic rings. The number of methoxy groups -OCH3 is 1. The summed E-state index contributed by atoms with van der Waals surface area (Å²) in [5, 5.41) is 3.27. The maximum absolute atomic E-state index is 5.89. The summed E-state index contributed by atoms with van der Waals surface area (Å²) in [7, 11) is 1.65. The van der Waals surface area contributed by atoms with Crippen LogP contribution in [0.15, 0.2) is 22.7 Å². The molecular weight excluding hydrogens is 258 g/mol. The molecule has 1 unspecified atom stereocenters. The highest BCUT2D eigenvalue weighted by molar-refractivity contribution is 9.10. The molecule has 0 amide bonds. The van der Waals surface area contributed by atoms with Crippen LogP contribution in [0.5, 0.6) is 11.5 Å². The van der Waals surface area contributed by atoms with Gasteiger partial charge in [0.15, 0.2) is 11.5 Å². The standard InChI is InChI=1S/C11H14BrNO2/c1-14-10-4-2-3-9(12)11(10)15-8-5-6-13-7-8/h2-4,8,13H,5-7H2,1H3. The van der Waals surface area contributed by atoms with Gasteiger partial charge in [0.2, 0.25) is 0 Å². The molecule has 0 aromatic heterocycles. The van der Waals surface area contributed by atoms with Gasteiger partial charge in [0.25, 0.3) is 0 Å². The Bertz CT molecular complexity index is 337. The van der Waals surface area contributed by atoms with Gasteiger partial charge >= 0.3 is 0 Å². The second-order valence-electron chi connectivity index (χ2n) is 3.50. The molecule has 3 nitrogen and oxygen atoms in total. The maximum Gasteiger partial charge on any atom is 0.175 e. The van der Waals surface area contributed by atoms with Crippen LogP contribution in [0.4, 0.5) is 0 Å². The van der Waals surface area contributed by atoms with Gasteiger partial charge in [0.05, 0.1) is 11.6 Å². The largest absolute Gasteiger partial charge is 0.493 e. The van der Waals surface area contributed by atoms with E-state index in [9.17, 15) is 0 Å². The van der Waals surface area contributed by atoms with E-state index in [0.29, 0.717) is 0 Å². The highest BCUT2D eigenvalue weighted by Crippen LogP contribution is 2.35. The number of hydrogen-bond acceptors (Lipinski definition) is 3. The molecule has 0 bridgehead atoms. The summed E-state index contributed by atoms with van der Waals surface area (Å²) < 4.78 is 12.1. The number of hydrogen-bond donors (Lipinski definition) is 1. The Morgan fingerprint density at radius 3 is 3.00 bits per heavy atom. The predicted octanol–water partition coefficient (Wildman–Crippen LogP) is 2.20. The van der Waals surface area contributed by atoms with Crippen molar-refractivity contribution in [3.8, 4) is 11.5 Å². The third kappa shape index (κ3) is 2.44. The fourth-order valence-electron chi connectivity index (χ4n) is 1.66. The van der Waals surface area contributed by atoms with Crippen molar-refractivity contribution in [2.45, 2.75) is 12.5 Å². The van der Waals surface area contributed by atoms with E-state index < -0.39 is 0 Å². The van der Waals surface area contributed by atoms with Gasteiger partial charge in [0.1, 0.15) is 6.10 Å². The molecule has 0 radical (unpaired) electrons. The van der Waals surface area contributed by atoms with E-state index in [1.807, 2.05) is 18.2 Å². The summed E-state index contributed by atoms with van der Waals surface area (Å²) >= 11 is 3.47. The molecule has 1 aliphatic heterocycles. The topological polar surface area (TPSA) is 30.5 Å². The molecule has 1 aromatic carbocycles. The van der Waals surface area contributed by atoms with E-state index in [4.69, 9.17) is 9.47 Å². The van der Waals surface area contributed by atoms with Crippen LogP contribution in [-0.4, -0.2) is 26.3 Å². The second-order valence-corrected chi connectivity index (χ2v) is 4.36. The fourth-order valence-corrected chi connectivity index (χ4v) is 2.10. The zero-order valence-corrected chi connectivity index (χ0v) is 10.2. The quantitative estimate of drug-likeness (QED) is 0.915. The van der Waals surface area contributed by atoms with Crippen LogP contribution >= 0.6 is 15.9 Å². The van der Waals surface area contributed by atoms with Crippen LogP contribution in [0.25, 0.3) is 0 Å². The van der Waals surface area contributed by atoms with E-state index in [1.54, 1.807) is 7.11 Å². The van der Waals surface area contributed by atoms with Crippen molar-refractivity contribution in [1.29, 1.82) is 0 Å². The second kappa shape index (κ2) is 4.86. The summed E-state index contributed by atoms with van der Waals surface area (Å²) in [6.07, 6.45) is 1.29. The van der Waals surface area contributed by atoms with Crippen molar-refractivity contribution in [2.75, 3.05) is 20.2 Å². The number of rotatable bonds is 3. The molecule has 1 N–H and O–H groups in total. The average Bonchev–Trinajstić information content (AvgIpc) is 2.74. The summed E-state index contributed by atoms with van der Waals surface area (Å²) in [4.78, 5) is 0. The maximum atomic E-state index is 5.89. The number of ether oxygens (including phenoxy) is 2. The first kappa shape index (κ1) is 10.8. The van der Waals surface area contributed by atoms with Crippen LogP contribution in [0.3, 0.4) is 0 Å². The van der Waals surface area contributed by atoms with Crippen LogP contribution in [-0.2, 0) is 0 Å². The lowest BCUT2D eigenvalue weighted by Gasteiger charge is -2.16. The SMILES string of the molecule is COc1cccc(Br)c1OC1CCNC1. The van der Waals surface area contributed by atoms with Gasteiger partial charge in [-0.3, -0.25) is 0 Å². The molecule has 0 spiro atoms. The van der Waals surface area contributed by atoms with E-state index in [1.165, 1.54) is 0 Å². The van der Waals surface area contributed by atoms with Crippen molar-refractivity contribution in [1.82, 2.24) is 5.32 Å². The van der Waals surface area contributed by atoms with Gasteiger partial charge in [-0.05, 0) is 41.0 Å². The van der Waals surface area contributed by atoms with Gasteiger partial charge in [-0.15, -0.1) is 0 Å². The molecule has 15 heavy (non-hydrogen) atoms. The van der Waals surface area contributed by atoms with Crippen LogP contribution in [0.2, 0.25) is 0 Å². The molecular formula is C11H14BrNO2.